The van der Waals surface area contributed by atoms with Crippen molar-refractivity contribution < 1.29 is 14.6 Å². The zero-order valence-electron chi connectivity index (χ0n) is 8.49. The maximum Gasteiger partial charge on any atom is 0.190 e. The molecule has 0 amide bonds. The van der Waals surface area contributed by atoms with Gasteiger partial charge in [-0.25, -0.2) is 0 Å². The minimum Gasteiger partial charge on any atom is -0.380 e. The van der Waals surface area contributed by atoms with Crippen molar-refractivity contribution in [2.45, 2.75) is 38.3 Å². The molecule has 1 aliphatic heterocycles. The molecule has 3 nitrogen and oxygen atoms in total. The first-order valence-electron chi connectivity index (χ1n) is 4.64. The van der Waals surface area contributed by atoms with E-state index < -0.39 is 11.9 Å². The molecule has 1 aliphatic rings. The van der Waals surface area contributed by atoms with E-state index in [9.17, 15) is 5.11 Å². The number of rotatable bonds is 3. The second-order valence-electron chi connectivity index (χ2n) is 3.53. The average molecular weight is 186 g/mol. The van der Waals surface area contributed by atoms with Gasteiger partial charge in [-0.1, -0.05) is 19.9 Å². The van der Waals surface area contributed by atoms with Gasteiger partial charge in [0.15, 0.2) is 6.29 Å². The van der Waals surface area contributed by atoms with E-state index in [1.807, 2.05) is 13.8 Å². The third-order valence-electron chi connectivity index (χ3n) is 2.91. The quantitative estimate of drug-likeness (QED) is 0.676. The van der Waals surface area contributed by atoms with Crippen molar-refractivity contribution in [3.05, 3.63) is 12.7 Å². The molecule has 0 unspecified atom stereocenters. The molecule has 0 aromatic rings. The number of ether oxygens (including phenoxy) is 2. The van der Waals surface area contributed by atoms with Gasteiger partial charge in [-0.2, -0.15) is 0 Å². The Kier molecular flexibility index (Phi) is 3.11. The molecule has 0 aromatic heterocycles. The molecule has 76 valence electrons. The summed E-state index contributed by atoms with van der Waals surface area (Å²) in [6.45, 7) is 7.61. The van der Waals surface area contributed by atoms with E-state index in [-0.39, 0.29) is 12.0 Å². The molecule has 1 rings (SSSR count). The Bertz CT molecular complexity index is 189. The SMILES string of the molecule is C=C[C@]1(O)[C@@H](OC)O[C@H](CC)[C@H]1C. The first-order chi connectivity index (χ1) is 6.10. The Hall–Kier alpha value is -0.380. The highest BCUT2D eigenvalue weighted by atomic mass is 16.7. The molecular weight excluding hydrogens is 168 g/mol. The van der Waals surface area contributed by atoms with Gasteiger partial charge in [0.2, 0.25) is 0 Å². The largest absolute Gasteiger partial charge is 0.380 e. The fraction of sp³-hybridized carbons (Fsp3) is 0.800. The van der Waals surface area contributed by atoms with Crippen LogP contribution in [0.4, 0.5) is 0 Å². The van der Waals surface area contributed by atoms with Crippen molar-refractivity contribution in [2.75, 3.05) is 7.11 Å². The van der Waals surface area contributed by atoms with Gasteiger partial charge in [0.05, 0.1) is 6.10 Å². The van der Waals surface area contributed by atoms with Crippen LogP contribution in [0, 0.1) is 5.92 Å². The van der Waals surface area contributed by atoms with Crippen molar-refractivity contribution in [3.8, 4) is 0 Å². The van der Waals surface area contributed by atoms with E-state index in [1.165, 1.54) is 13.2 Å². The van der Waals surface area contributed by atoms with Crippen LogP contribution >= 0.6 is 0 Å². The lowest BCUT2D eigenvalue weighted by Crippen LogP contribution is -2.42. The summed E-state index contributed by atoms with van der Waals surface area (Å²) < 4.78 is 10.6. The Morgan fingerprint density at radius 3 is 2.62 bits per heavy atom. The molecule has 0 bridgehead atoms. The molecule has 3 heteroatoms. The Morgan fingerprint density at radius 1 is 1.69 bits per heavy atom. The first-order valence-corrected chi connectivity index (χ1v) is 4.64. The maximum absolute atomic E-state index is 10.2. The van der Waals surface area contributed by atoms with Crippen LogP contribution in [0.1, 0.15) is 20.3 Å². The summed E-state index contributed by atoms with van der Waals surface area (Å²) in [7, 11) is 1.53. The predicted octanol–water partition coefficient (Wildman–Crippen LogP) is 1.32. The molecule has 1 saturated heterocycles. The standard InChI is InChI=1S/C10H18O3/c1-5-8-7(3)10(11,6-2)9(12-4)13-8/h6-9,11H,2,5H2,1,3-4H3/t7-,8-,9+,10-/m1/s1. The van der Waals surface area contributed by atoms with Crippen molar-refractivity contribution in [1.82, 2.24) is 0 Å². The van der Waals surface area contributed by atoms with Gasteiger partial charge in [-0.3, -0.25) is 0 Å². The van der Waals surface area contributed by atoms with E-state index in [0.717, 1.165) is 6.42 Å². The molecule has 13 heavy (non-hydrogen) atoms. The van der Waals surface area contributed by atoms with Crippen molar-refractivity contribution in [3.63, 3.8) is 0 Å². The van der Waals surface area contributed by atoms with Gasteiger partial charge >= 0.3 is 0 Å². The molecule has 1 heterocycles. The van der Waals surface area contributed by atoms with E-state index in [0.29, 0.717) is 0 Å². The molecule has 1 fully saturated rings. The van der Waals surface area contributed by atoms with E-state index >= 15 is 0 Å². The monoisotopic (exact) mass is 186 g/mol. The van der Waals surface area contributed by atoms with Gasteiger partial charge < -0.3 is 14.6 Å². The minimum absolute atomic E-state index is 0.0277. The van der Waals surface area contributed by atoms with Crippen LogP contribution in [0.15, 0.2) is 12.7 Å². The summed E-state index contributed by atoms with van der Waals surface area (Å²) in [6, 6.07) is 0. The van der Waals surface area contributed by atoms with Gasteiger partial charge in [-0.05, 0) is 6.42 Å². The topological polar surface area (TPSA) is 38.7 Å². The molecule has 0 spiro atoms. The van der Waals surface area contributed by atoms with Crippen LogP contribution in [0.3, 0.4) is 0 Å². The van der Waals surface area contributed by atoms with Crippen LogP contribution in [0.25, 0.3) is 0 Å². The van der Waals surface area contributed by atoms with Gasteiger partial charge in [0.25, 0.3) is 0 Å². The first kappa shape index (κ1) is 10.7. The molecule has 0 aliphatic carbocycles. The van der Waals surface area contributed by atoms with Crippen LogP contribution in [-0.2, 0) is 9.47 Å². The van der Waals surface area contributed by atoms with Crippen LogP contribution in [-0.4, -0.2) is 30.2 Å². The second-order valence-corrected chi connectivity index (χ2v) is 3.53. The number of hydrogen-bond donors (Lipinski definition) is 1. The average Bonchev–Trinajstić information content (AvgIpc) is 2.41. The number of hydrogen-bond acceptors (Lipinski definition) is 3. The number of aliphatic hydroxyl groups is 1. The molecule has 0 radical (unpaired) electrons. The summed E-state index contributed by atoms with van der Waals surface area (Å²) in [5.41, 5.74) is -1.05. The van der Waals surface area contributed by atoms with Crippen LogP contribution < -0.4 is 0 Å². The maximum atomic E-state index is 10.2. The fourth-order valence-electron chi connectivity index (χ4n) is 1.87. The molecule has 0 aromatic carbocycles. The lowest BCUT2D eigenvalue weighted by Gasteiger charge is -2.27. The van der Waals surface area contributed by atoms with Crippen LogP contribution in [0.2, 0.25) is 0 Å². The van der Waals surface area contributed by atoms with Crippen molar-refractivity contribution in [1.29, 1.82) is 0 Å². The van der Waals surface area contributed by atoms with E-state index in [2.05, 4.69) is 6.58 Å². The third kappa shape index (κ3) is 1.52. The van der Waals surface area contributed by atoms with Crippen molar-refractivity contribution >= 4 is 0 Å². The highest BCUT2D eigenvalue weighted by Crippen LogP contribution is 2.38. The summed E-state index contributed by atoms with van der Waals surface area (Å²) in [5, 5.41) is 10.2. The molecule has 0 saturated carbocycles. The summed E-state index contributed by atoms with van der Waals surface area (Å²) in [4.78, 5) is 0. The zero-order valence-corrected chi connectivity index (χ0v) is 8.49. The zero-order chi connectivity index (χ0) is 10.1. The van der Waals surface area contributed by atoms with Gasteiger partial charge in [0, 0.05) is 13.0 Å². The number of methoxy groups -OCH3 is 1. The Balaban J connectivity index is 2.86. The normalized spacial score (nSPS) is 45.1. The minimum atomic E-state index is -1.05. The summed E-state index contributed by atoms with van der Waals surface area (Å²) >= 11 is 0. The lowest BCUT2D eigenvalue weighted by atomic mass is 9.86. The lowest BCUT2D eigenvalue weighted by molar-refractivity contribution is -0.172. The third-order valence-corrected chi connectivity index (χ3v) is 2.91. The highest BCUT2D eigenvalue weighted by molar-refractivity contribution is 5.08. The van der Waals surface area contributed by atoms with E-state index in [1.54, 1.807) is 0 Å². The Labute approximate surface area is 79.3 Å². The van der Waals surface area contributed by atoms with E-state index in [4.69, 9.17) is 9.47 Å². The fourth-order valence-corrected chi connectivity index (χ4v) is 1.87. The highest BCUT2D eigenvalue weighted by Gasteiger charge is 2.51. The van der Waals surface area contributed by atoms with Gasteiger partial charge in [0.1, 0.15) is 5.60 Å². The molecule has 1 N–H and O–H groups in total. The van der Waals surface area contributed by atoms with Crippen LogP contribution in [0.5, 0.6) is 0 Å². The van der Waals surface area contributed by atoms with Crippen molar-refractivity contribution in [2.24, 2.45) is 5.92 Å². The summed E-state index contributed by atoms with van der Waals surface area (Å²) in [6.07, 6.45) is 1.86. The second kappa shape index (κ2) is 3.78. The van der Waals surface area contributed by atoms with Gasteiger partial charge in [-0.15, -0.1) is 6.58 Å². The molecular formula is C10H18O3. The smallest absolute Gasteiger partial charge is 0.190 e. The summed E-state index contributed by atoms with van der Waals surface area (Å²) in [5.74, 6) is 0.0277. The Morgan fingerprint density at radius 2 is 2.31 bits per heavy atom. The predicted molar refractivity (Wildman–Crippen MR) is 50.3 cm³/mol. The molecule has 4 atom stereocenters.